The predicted molar refractivity (Wildman–Crippen MR) is 116 cm³/mol. The van der Waals surface area contributed by atoms with Crippen LogP contribution in [0.1, 0.15) is 33.7 Å². The van der Waals surface area contributed by atoms with Gasteiger partial charge in [0, 0.05) is 18.7 Å². The molecule has 2 aromatic heterocycles. The van der Waals surface area contributed by atoms with Gasteiger partial charge in [0.15, 0.2) is 0 Å². The second-order valence-corrected chi connectivity index (χ2v) is 7.79. The third kappa shape index (κ3) is 3.61. The van der Waals surface area contributed by atoms with Gasteiger partial charge in [-0.3, -0.25) is 14.6 Å². The molecular weight excluding hydrogens is 396 g/mol. The smallest absolute Gasteiger partial charge is 0.259 e. The number of para-hydroxylation sites is 2. The first kappa shape index (κ1) is 19.5. The van der Waals surface area contributed by atoms with E-state index in [1.54, 1.807) is 6.92 Å². The van der Waals surface area contributed by atoms with Crippen molar-refractivity contribution in [1.29, 1.82) is 0 Å². The molecule has 0 spiro atoms. The molecule has 2 aliphatic rings. The molecule has 1 aliphatic heterocycles. The number of aromatic amines is 1. The Bertz CT molecular complexity index is 1190. The van der Waals surface area contributed by atoms with Gasteiger partial charge in [0.05, 0.1) is 47.7 Å². The van der Waals surface area contributed by atoms with Crippen LogP contribution in [0, 0.1) is 6.92 Å². The highest BCUT2D eigenvalue weighted by Gasteiger charge is 2.22. The number of H-pyrrole nitrogens is 1. The van der Waals surface area contributed by atoms with Crippen LogP contribution in [0.25, 0.3) is 5.95 Å². The Morgan fingerprint density at radius 1 is 1.19 bits per heavy atom. The Morgan fingerprint density at radius 3 is 2.84 bits per heavy atom. The van der Waals surface area contributed by atoms with E-state index in [4.69, 9.17) is 4.74 Å². The van der Waals surface area contributed by atoms with Crippen LogP contribution in [-0.4, -0.2) is 52.0 Å². The first-order valence-corrected chi connectivity index (χ1v) is 10.5. The largest absolute Gasteiger partial charge is 0.378 e. The molecule has 1 amide bonds. The summed E-state index contributed by atoms with van der Waals surface area (Å²) in [4.78, 5) is 35.0. The molecule has 0 bridgehead atoms. The van der Waals surface area contributed by atoms with Gasteiger partial charge in [-0.05, 0) is 38.3 Å². The van der Waals surface area contributed by atoms with E-state index in [9.17, 15) is 9.59 Å². The van der Waals surface area contributed by atoms with Gasteiger partial charge in [-0.2, -0.15) is 5.10 Å². The molecule has 1 saturated heterocycles. The van der Waals surface area contributed by atoms with Gasteiger partial charge < -0.3 is 15.0 Å². The Hall–Kier alpha value is -3.46. The number of hydrogen-bond acceptors (Lipinski definition) is 6. The molecule has 3 heterocycles. The van der Waals surface area contributed by atoms with E-state index in [1.165, 1.54) is 10.9 Å². The number of carbonyl (C=O) groups excluding carboxylic acids is 1. The normalized spacial score (nSPS) is 15.7. The average molecular weight is 420 g/mol. The Morgan fingerprint density at radius 2 is 2.00 bits per heavy atom. The maximum Gasteiger partial charge on any atom is 0.259 e. The maximum absolute atomic E-state index is 13.1. The Balaban J connectivity index is 1.42. The number of ether oxygens (including phenoxy) is 1. The van der Waals surface area contributed by atoms with Crippen molar-refractivity contribution in [1.82, 2.24) is 19.7 Å². The summed E-state index contributed by atoms with van der Waals surface area (Å²) in [5.41, 5.74) is 4.20. The fraction of sp³-hybridized carbons (Fsp3) is 0.364. The van der Waals surface area contributed by atoms with Gasteiger partial charge >= 0.3 is 0 Å². The number of aromatic nitrogens is 4. The number of morpholine rings is 1. The SMILES string of the molecule is Cc1c(C(=O)Nc2ccccc2N2CCOCC2)cnn1-c1nc2c(c(=O)[nH]1)CCC2. The predicted octanol–water partition coefficient (Wildman–Crippen LogP) is 1.84. The monoisotopic (exact) mass is 420 g/mol. The van der Waals surface area contributed by atoms with Crippen LogP contribution < -0.4 is 15.8 Å². The summed E-state index contributed by atoms with van der Waals surface area (Å²) >= 11 is 0. The number of amides is 1. The zero-order chi connectivity index (χ0) is 21.4. The van der Waals surface area contributed by atoms with Crippen molar-refractivity contribution in [2.24, 2.45) is 0 Å². The van der Waals surface area contributed by atoms with Crippen molar-refractivity contribution in [3.63, 3.8) is 0 Å². The molecule has 1 aromatic carbocycles. The van der Waals surface area contributed by atoms with E-state index in [0.717, 1.165) is 55.0 Å². The van der Waals surface area contributed by atoms with Crippen LogP contribution in [0.5, 0.6) is 0 Å². The zero-order valence-corrected chi connectivity index (χ0v) is 17.4. The Labute approximate surface area is 179 Å². The quantitative estimate of drug-likeness (QED) is 0.667. The summed E-state index contributed by atoms with van der Waals surface area (Å²) in [6.07, 6.45) is 3.99. The molecule has 160 valence electrons. The van der Waals surface area contributed by atoms with Gasteiger partial charge in [-0.25, -0.2) is 9.67 Å². The van der Waals surface area contributed by atoms with Gasteiger partial charge in [0.25, 0.3) is 11.5 Å². The fourth-order valence-electron chi connectivity index (χ4n) is 4.22. The number of aryl methyl sites for hydroxylation is 1. The summed E-state index contributed by atoms with van der Waals surface area (Å²) in [5.74, 6) is 0.0869. The molecule has 0 radical (unpaired) electrons. The van der Waals surface area contributed by atoms with E-state index in [0.29, 0.717) is 30.4 Å². The number of benzene rings is 1. The number of nitrogens with one attached hydrogen (secondary N) is 2. The van der Waals surface area contributed by atoms with Gasteiger partial charge in [0.2, 0.25) is 5.95 Å². The second kappa shape index (κ2) is 7.99. The first-order chi connectivity index (χ1) is 15.1. The van der Waals surface area contributed by atoms with Gasteiger partial charge in [-0.1, -0.05) is 12.1 Å². The lowest BCUT2D eigenvalue weighted by Gasteiger charge is -2.30. The van der Waals surface area contributed by atoms with Crippen molar-refractivity contribution in [2.75, 3.05) is 36.5 Å². The first-order valence-electron chi connectivity index (χ1n) is 10.5. The number of anilines is 2. The molecule has 9 heteroatoms. The van der Waals surface area contributed by atoms with Crippen LogP contribution in [-0.2, 0) is 17.6 Å². The molecule has 2 N–H and O–H groups in total. The molecule has 0 unspecified atom stereocenters. The summed E-state index contributed by atoms with van der Waals surface area (Å²) < 4.78 is 6.95. The van der Waals surface area contributed by atoms with Gasteiger partial charge in [-0.15, -0.1) is 0 Å². The van der Waals surface area contributed by atoms with E-state index in [-0.39, 0.29) is 11.5 Å². The lowest BCUT2D eigenvalue weighted by atomic mass is 10.2. The summed E-state index contributed by atoms with van der Waals surface area (Å²) in [7, 11) is 0. The van der Waals surface area contributed by atoms with Crippen LogP contribution >= 0.6 is 0 Å². The minimum Gasteiger partial charge on any atom is -0.378 e. The third-order valence-electron chi connectivity index (χ3n) is 5.89. The molecule has 9 nitrogen and oxygen atoms in total. The van der Waals surface area contributed by atoms with Gasteiger partial charge in [0.1, 0.15) is 0 Å². The molecule has 3 aromatic rings. The van der Waals surface area contributed by atoms with Crippen molar-refractivity contribution in [3.8, 4) is 5.95 Å². The summed E-state index contributed by atoms with van der Waals surface area (Å²) in [6.45, 7) is 4.69. The fourth-order valence-corrected chi connectivity index (χ4v) is 4.22. The zero-order valence-electron chi connectivity index (χ0n) is 17.4. The van der Waals surface area contributed by atoms with E-state index in [2.05, 4.69) is 25.3 Å². The number of rotatable bonds is 4. The van der Waals surface area contributed by atoms with E-state index in [1.807, 2.05) is 24.3 Å². The average Bonchev–Trinajstić information content (AvgIpc) is 3.41. The molecule has 5 rings (SSSR count). The van der Waals surface area contributed by atoms with Crippen molar-refractivity contribution in [3.05, 3.63) is 63.3 Å². The number of nitrogens with zero attached hydrogens (tertiary/aromatic N) is 4. The van der Waals surface area contributed by atoms with Crippen LogP contribution in [0.4, 0.5) is 11.4 Å². The topological polar surface area (TPSA) is 105 Å². The molecule has 0 saturated carbocycles. The third-order valence-corrected chi connectivity index (χ3v) is 5.89. The Kier molecular flexibility index (Phi) is 5.03. The minimum absolute atomic E-state index is 0.127. The minimum atomic E-state index is -0.257. The lowest BCUT2D eigenvalue weighted by molar-refractivity contribution is 0.102. The van der Waals surface area contributed by atoms with E-state index < -0.39 is 0 Å². The van der Waals surface area contributed by atoms with Crippen LogP contribution in [0.2, 0.25) is 0 Å². The molecule has 1 fully saturated rings. The van der Waals surface area contributed by atoms with Crippen LogP contribution in [0.15, 0.2) is 35.3 Å². The van der Waals surface area contributed by atoms with E-state index >= 15 is 0 Å². The summed E-state index contributed by atoms with van der Waals surface area (Å²) in [6, 6.07) is 7.74. The van der Waals surface area contributed by atoms with Crippen molar-refractivity contribution < 1.29 is 9.53 Å². The maximum atomic E-state index is 13.1. The summed E-state index contributed by atoms with van der Waals surface area (Å²) in [5, 5.41) is 7.34. The van der Waals surface area contributed by atoms with Crippen molar-refractivity contribution >= 4 is 17.3 Å². The highest BCUT2D eigenvalue weighted by atomic mass is 16.5. The lowest BCUT2D eigenvalue weighted by Crippen LogP contribution is -2.36. The molecule has 31 heavy (non-hydrogen) atoms. The molecule has 1 aliphatic carbocycles. The number of hydrogen-bond donors (Lipinski definition) is 2. The molecule has 0 atom stereocenters. The second-order valence-electron chi connectivity index (χ2n) is 7.79. The highest BCUT2D eigenvalue weighted by molar-refractivity contribution is 6.06. The highest BCUT2D eigenvalue weighted by Crippen LogP contribution is 2.27. The van der Waals surface area contributed by atoms with Crippen LogP contribution in [0.3, 0.4) is 0 Å². The number of fused-ring (bicyclic) bond motifs is 1. The standard InChI is InChI=1S/C22H24N6O3/c1-14-16(13-23-28(14)22-25-17-7-4-5-15(17)20(29)26-22)21(30)24-18-6-2-3-8-19(18)27-9-11-31-12-10-27/h2-3,6,8,13H,4-5,7,9-12H2,1H3,(H,24,30)(H,25,26,29). The molecular formula is C22H24N6O3. The number of carbonyl (C=O) groups is 1. The van der Waals surface area contributed by atoms with Crippen molar-refractivity contribution in [2.45, 2.75) is 26.2 Å².